The highest BCUT2D eigenvalue weighted by Crippen LogP contribution is 2.32. The van der Waals surface area contributed by atoms with Crippen LogP contribution in [0.1, 0.15) is 11.6 Å². The van der Waals surface area contributed by atoms with Crippen molar-refractivity contribution in [1.29, 1.82) is 0 Å². The fourth-order valence-corrected chi connectivity index (χ4v) is 3.04. The van der Waals surface area contributed by atoms with E-state index >= 15 is 0 Å². The van der Waals surface area contributed by atoms with Crippen molar-refractivity contribution in [3.63, 3.8) is 0 Å². The molecule has 0 aromatic heterocycles. The van der Waals surface area contributed by atoms with Crippen LogP contribution in [0.25, 0.3) is 0 Å². The van der Waals surface area contributed by atoms with Gasteiger partial charge in [-0.15, -0.1) is 0 Å². The van der Waals surface area contributed by atoms with E-state index < -0.39 is 0 Å². The largest absolute Gasteiger partial charge is 0.374 e. The molecule has 1 N–H and O–H groups in total. The molecule has 0 spiro atoms. The van der Waals surface area contributed by atoms with Crippen LogP contribution in [-0.4, -0.2) is 44.8 Å². The minimum atomic E-state index is 0.196. The molecule has 2 atom stereocenters. The molecule has 3 nitrogen and oxygen atoms in total. The molecule has 1 fully saturated rings. The number of ether oxygens (including phenoxy) is 1. The predicted molar refractivity (Wildman–Crippen MR) is 80.9 cm³/mol. The van der Waals surface area contributed by atoms with Gasteiger partial charge in [-0.1, -0.05) is 6.07 Å². The molecule has 2 rings (SSSR count). The molecule has 1 aromatic rings. The van der Waals surface area contributed by atoms with Crippen molar-refractivity contribution in [3.05, 3.63) is 32.7 Å². The van der Waals surface area contributed by atoms with Gasteiger partial charge >= 0.3 is 0 Å². The maximum absolute atomic E-state index is 5.89. The van der Waals surface area contributed by atoms with Crippen molar-refractivity contribution < 1.29 is 4.74 Å². The van der Waals surface area contributed by atoms with E-state index in [9.17, 15) is 0 Å². The third-order valence-corrected chi connectivity index (χ3v) is 5.17. The van der Waals surface area contributed by atoms with Crippen molar-refractivity contribution >= 4 is 31.9 Å². The van der Waals surface area contributed by atoms with E-state index in [1.807, 2.05) is 7.05 Å². The van der Waals surface area contributed by atoms with Gasteiger partial charge in [-0.05, 0) is 63.7 Å². The maximum atomic E-state index is 5.89. The van der Waals surface area contributed by atoms with Gasteiger partial charge in [0.15, 0.2) is 0 Å². The highest BCUT2D eigenvalue weighted by Gasteiger charge is 2.31. The van der Waals surface area contributed by atoms with Gasteiger partial charge in [-0.2, -0.15) is 0 Å². The lowest BCUT2D eigenvalue weighted by Crippen LogP contribution is -2.46. The van der Waals surface area contributed by atoms with Crippen LogP contribution in [0.15, 0.2) is 27.1 Å². The number of nitrogens with zero attached hydrogens (tertiary/aromatic N) is 1. The smallest absolute Gasteiger partial charge is 0.0896 e. The summed E-state index contributed by atoms with van der Waals surface area (Å²) in [4.78, 5) is 2.36. The number of morpholine rings is 1. The van der Waals surface area contributed by atoms with Gasteiger partial charge in [0.05, 0.1) is 18.8 Å². The molecular formula is C13H18Br2N2O. The quantitative estimate of drug-likeness (QED) is 0.876. The van der Waals surface area contributed by atoms with Crippen molar-refractivity contribution in [2.45, 2.75) is 12.1 Å². The molecule has 1 saturated heterocycles. The van der Waals surface area contributed by atoms with Crippen LogP contribution in [0.3, 0.4) is 0 Å². The molecule has 1 aliphatic heterocycles. The van der Waals surface area contributed by atoms with Crippen molar-refractivity contribution in [2.24, 2.45) is 0 Å². The Balaban J connectivity index is 2.28. The average Bonchev–Trinajstić information content (AvgIpc) is 2.34. The Labute approximate surface area is 125 Å². The second-order valence-electron chi connectivity index (χ2n) is 4.57. The number of nitrogens with one attached hydrogen (secondary N) is 1. The Hall–Kier alpha value is 0.0600. The monoisotopic (exact) mass is 376 g/mol. The van der Waals surface area contributed by atoms with Crippen molar-refractivity contribution in [1.82, 2.24) is 10.2 Å². The summed E-state index contributed by atoms with van der Waals surface area (Å²) >= 11 is 7.08. The fraction of sp³-hybridized carbons (Fsp3) is 0.538. The molecule has 0 bridgehead atoms. The third-order valence-electron chi connectivity index (χ3n) is 3.29. The first-order chi connectivity index (χ1) is 8.63. The van der Waals surface area contributed by atoms with Gasteiger partial charge in [0.2, 0.25) is 0 Å². The lowest BCUT2D eigenvalue weighted by Gasteiger charge is -2.39. The van der Waals surface area contributed by atoms with E-state index in [2.05, 4.69) is 67.3 Å². The molecule has 0 aliphatic carbocycles. The summed E-state index contributed by atoms with van der Waals surface area (Å²) in [7, 11) is 4.12. The number of likely N-dealkylation sites (N-methyl/N-ethyl adjacent to an activating group) is 2. The SMILES string of the molecule is CNCC1OCCN(C)C1c1ccc(Br)c(Br)c1. The molecule has 0 saturated carbocycles. The Morgan fingerprint density at radius 1 is 1.39 bits per heavy atom. The first-order valence-corrected chi connectivity index (χ1v) is 7.63. The van der Waals surface area contributed by atoms with E-state index in [4.69, 9.17) is 4.74 Å². The van der Waals surface area contributed by atoms with Crippen LogP contribution in [0, 0.1) is 0 Å². The van der Waals surface area contributed by atoms with E-state index in [0.717, 1.165) is 28.6 Å². The predicted octanol–water partition coefficient (Wildman–Crippen LogP) is 2.80. The van der Waals surface area contributed by atoms with E-state index in [1.54, 1.807) is 0 Å². The second kappa shape index (κ2) is 6.48. The summed E-state index contributed by atoms with van der Waals surface area (Å²) in [6.45, 7) is 2.64. The number of halogens is 2. The van der Waals surface area contributed by atoms with Crippen LogP contribution in [0.5, 0.6) is 0 Å². The fourth-order valence-electron chi connectivity index (χ4n) is 2.40. The molecule has 5 heteroatoms. The summed E-state index contributed by atoms with van der Waals surface area (Å²) in [5.41, 5.74) is 1.28. The first kappa shape index (κ1) is 14.5. The zero-order chi connectivity index (χ0) is 13.1. The van der Waals surface area contributed by atoms with Crippen LogP contribution < -0.4 is 5.32 Å². The standard InChI is InChI=1S/C13H18Br2N2O/c1-16-8-12-13(17(2)5-6-18-12)9-3-4-10(14)11(15)7-9/h3-4,7,12-13,16H,5-6,8H2,1-2H3. The van der Waals surface area contributed by atoms with Gasteiger partial charge in [-0.3, -0.25) is 4.90 Å². The molecule has 0 amide bonds. The van der Waals surface area contributed by atoms with Gasteiger partial charge in [0.1, 0.15) is 0 Å². The van der Waals surface area contributed by atoms with E-state index in [-0.39, 0.29) is 6.10 Å². The first-order valence-electron chi connectivity index (χ1n) is 6.05. The van der Waals surface area contributed by atoms with E-state index in [0.29, 0.717) is 6.04 Å². The van der Waals surface area contributed by atoms with Crippen LogP contribution >= 0.6 is 31.9 Å². The average molecular weight is 378 g/mol. The molecule has 1 aromatic carbocycles. The summed E-state index contributed by atoms with van der Waals surface area (Å²) in [5, 5.41) is 3.21. The Morgan fingerprint density at radius 3 is 2.83 bits per heavy atom. The summed E-state index contributed by atoms with van der Waals surface area (Å²) in [6, 6.07) is 6.71. The highest BCUT2D eigenvalue weighted by atomic mass is 79.9. The van der Waals surface area contributed by atoms with Gasteiger partial charge < -0.3 is 10.1 Å². The molecule has 2 unspecified atom stereocenters. The Kier molecular flexibility index (Phi) is 5.21. The number of benzene rings is 1. The minimum Gasteiger partial charge on any atom is -0.374 e. The third kappa shape index (κ3) is 3.14. The summed E-state index contributed by atoms with van der Waals surface area (Å²) in [5.74, 6) is 0. The lowest BCUT2D eigenvalue weighted by atomic mass is 9.98. The van der Waals surface area contributed by atoms with Gasteiger partial charge in [0.25, 0.3) is 0 Å². The second-order valence-corrected chi connectivity index (χ2v) is 6.27. The molecule has 1 aliphatic rings. The van der Waals surface area contributed by atoms with Crippen molar-refractivity contribution in [3.8, 4) is 0 Å². The Morgan fingerprint density at radius 2 is 2.17 bits per heavy atom. The van der Waals surface area contributed by atoms with Crippen LogP contribution in [0.2, 0.25) is 0 Å². The van der Waals surface area contributed by atoms with Crippen LogP contribution in [0.4, 0.5) is 0 Å². The minimum absolute atomic E-state index is 0.196. The van der Waals surface area contributed by atoms with Crippen LogP contribution in [-0.2, 0) is 4.74 Å². The molecule has 18 heavy (non-hydrogen) atoms. The number of hydrogen-bond acceptors (Lipinski definition) is 3. The molecule has 0 radical (unpaired) electrons. The van der Waals surface area contributed by atoms with E-state index in [1.165, 1.54) is 5.56 Å². The normalized spacial score (nSPS) is 25.3. The van der Waals surface area contributed by atoms with Gasteiger partial charge in [-0.25, -0.2) is 0 Å². The number of rotatable bonds is 3. The van der Waals surface area contributed by atoms with Gasteiger partial charge in [0, 0.05) is 22.0 Å². The zero-order valence-electron chi connectivity index (χ0n) is 10.6. The molecule has 1 heterocycles. The summed E-state index contributed by atoms with van der Waals surface area (Å²) < 4.78 is 8.06. The molecule has 100 valence electrons. The summed E-state index contributed by atoms with van der Waals surface area (Å²) in [6.07, 6.45) is 0.196. The molecular weight excluding hydrogens is 360 g/mol. The topological polar surface area (TPSA) is 24.5 Å². The lowest BCUT2D eigenvalue weighted by molar-refractivity contribution is -0.0606. The highest BCUT2D eigenvalue weighted by molar-refractivity contribution is 9.13. The van der Waals surface area contributed by atoms with Crippen molar-refractivity contribution in [2.75, 3.05) is 33.8 Å². The zero-order valence-corrected chi connectivity index (χ0v) is 13.8. The maximum Gasteiger partial charge on any atom is 0.0896 e. The Bertz CT molecular complexity index is 412. The number of hydrogen-bond donors (Lipinski definition) is 1.